The SMILES string of the molecule is Cc1c(-c2cc3c4cc5ccccc5cc4n(-c4ccccc4)c3c[n+]2C)oc2ccccc12.Cc1c(-c2cc3c4cc5ccccc5cc4n(C)c3c[n+]2C)oc2ccccc12.Cc1oc2ccccc2c1-c1cc2c3ccc4ccccc4c3n(C)c2c[n+]1C. The third-order valence-corrected chi connectivity index (χ3v) is 19.4. The summed E-state index contributed by atoms with van der Waals surface area (Å²) in [5, 5.41) is 18.6. The van der Waals surface area contributed by atoms with Crippen molar-refractivity contribution in [3.8, 4) is 39.9 Å². The highest BCUT2D eigenvalue weighted by atomic mass is 16.3. The summed E-state index contributed by atoms with van der Waals surface area (Å²) in [5.41, 5.74) is 18.2. The normalized spacial score (nSPS) is 11.9. The van der Waals surface area contributed by atoms with Gasteiger partial charge in [0.2, 0.25) is 28.6 Å². The minimum absolute atomic E-state index is 0.923. The van der Waals surface area contributed by atoms with Crippen molar-refractivity contribution in [2.24, 2.45) is 35.2 Å². The van der Waals surface area contributed by atoms with Gasteiger partial charge in [-0.3, -0.25) is 0 Å². The van der Waals surface area contributed by atoms with Gasteiger partial charge in [-0.05, 0) is 102 Å². The standard InChI is InChI=1S/C31H23N2O.2C26H21N2O/c1-20-24-14-8-9-15-30(24)34-31(20)28-18-26-25-16-21-10-6-7-11-22(21)17-27(25)33(29(26)19-32(28)2)23-12-4-3-5-13-23;1-16-19-10-6-7-11-25(19)29-26(16)23-14-21-20-12-17-8-4-5-9-18(17)13-22(20)28(3)24(21)15-27(23)2;1-16-25(20-10-6-7-11-24(20)29-16)22-14-21-19-13-12-17-8-4-5-9-18(17)26(19)28(3)23(21)15-27(22)2/h3-19H,1-2H3;2*4-15H,1-3H3/q3*+1. The minimum atomic E-state index is 0.923. The quantitative estimate of drug-likeness (QED) is 0.165. The molecule has 0 aliphatic carbocycles. The van der Waals surface area contributed by atoms with Crippen LogP contribution >= 0.6 is 0 Å². The molecule has 0 radical (unpaired) electrons. The first-order valence-electron chi connectivity index (χ1n) is 31.4. The molecule has 0 atom stereocenters. The molecule has 9 heterocycles. The molecule has 442 valence electrons. The summed E-state index contributed by atoms with van der Waals surface area (Å²) in [6.07, 6.45) is 6.68. The maximum Gasteiger partial charge on any atom is 0.249 e. The first kappa shape index (κ1) is 54.6. The lowest BCUT2D eigenvalue weighted by Gasteiger charge is -2.07. The van der Waals surface area contributed by atoms with E-state index in [1.54, 1.807) is 0 Å². The van der Waals surface area contributed by atoms with Crippen molar-refractivity contribution < 1.29 is 27.0 Å². The topological polar surface area (TPSA) is 65.8 Å². The third kappa shape index (κ3) is 8.49. The average molecular weight is 1190 g/mol. The molecule has 9 nitrogen and oxygen atoms in total. The molecule has 0 bridgehead atoms. The van der Waals surface area contributed by atoms with Crippen LogP contribution in [0.15, 0.2) is 262 Å². The van der Waals surface area contributed by atoms with E-state index >= 15 is 0 Å². The van der Waals surface area contributed by atoms with Gasteiger partial charge in [0.25, 0.3) is 0 Å². The summed E-state index contributed by atoms with van der Waals surface area (Å²) in [7, 11) is 10.6. The predicted octanol–water partition coefficient (Wildman–Crippen LogP) is 19.5. The van der Waals surface area contributed by atoms with Gasteiger partial charge in [0.05, 0.1) is 16.6 Å². The zero-order chi connectivity index (χ0) is 62.2. The summed E-state index contributed by atoms with van der Waals surface area (Å²) < 4.78 is 32.2. The lowest BCUT2D eigenvalue weighted by Crippen LogP contribution is -2.30. The van der Waals surface area contributed by atoms with Crippen molar-refractivity contribution in [1.29, 1.82) is 0 Å². The summed E-state index contributed by atoms with van der Waals surface area (Å²) >= 11 is 0. The molecule has 0 saturated carbocycles. The molecule has 0 N–H and O–H groups in total. The molecule has 19 rings (SSSR count). The van der Waals surface area contributed by atoms with Crippen molar-refractivity contribution in [3.05, 3.63) is 266 Å². The van der Waals surface area contributed by atoms with E-state index in [1.807, 2.05) is 36.4 Å². The second-order valence-electron chi connectivity index (χ2n) is 24.7. The van der Waals surface area contributed by atoms with Crippen LogP contribution in [0.4, 0.5) is 0 Å². The Labute approximate surface area is 530 Å². The van der Waals surface area contributed by atoms with Crippen LogP contribution in [0.1, 0.15) is 16.9 Å². The third-order valence-electron chi connectivity index (χ3n) is 19.4. The average Bonchev–Trinajstić information content (AvgIpc) is 1.60. The Morgan fingerprint density at radius 3 is 1.30 bits per heavy atom. The Morgan fingerprint density at radius 1 is 0.304 bits per heavy atom. The second kappa shape index (κ2) is 21.0. The Balaban J connectivity index is 0.000000106. The van der Waals surface area contributed by atoms with Crippen molar-refractivity contribution in [1.82, 2.24) is 13.7 Å². The van der Waals surface area contributed by atoms with Gasteiger partial charge in [-0.15, -0.1) is 0 Å². The molecule has 0 unspecified atom stereocenters. The Hall–Kier alpha value is -11.6. The number of rotatable bonds is 4. The molecule has 0 aliphatic rings. The number of furan rings is 3. The molecule has 9 aromatic heterocycles. The van der Waals surface area contributed by atoms with Crippen LogP contribution in [-0.4, -0.2) is 13.7 Å². The van der Waals surface area contributed by atoms with Crippen LogP contribution in [0.5, 0.6) is 0 Å². The summed E-state index contributed by atoms with van der Waals surface area (Å²) in [6, 6.07) is 81.7. The van der Waals surface area contributed by atoms with E-state index < -0.39 is 0 Å². The van der Waals surface area contributed by atoms with Gasteiger partial charge >= 0.3 is 0 Å². The number of hydrogen-bond donors (Lipinski definition) is 0. The van der Waals surface area contributed by atoms with Crippen LogP contribution in [0.25, 0.3) is 170 Å². The number of benzene rings is 10. The largest absolute Gasteiger partial charge is 0.460 e. The molecular weight excluding hydrogens is 1130 g/mol. The molecule has 10 aromatic carbocycles. The molecule has 9 heteroatoms. The van der Waals surface area contributed by atoms with Crippen LogP contribution in [0, 0.1) is 20.8 Å². The fraction of sp³-hybridized carbons (Fsp3) is 0.0964. The van der Waals surface area contributed by atoms with E-state index in [0.29, 0.717) is 0 Å². The highest BCUT2D eigenvalue weighted by molar-refractivity contribution is 6.19. The molecule has 92 heavy (non-hydrogen) atoms. The molecule has 19 aromatic rings. The van der Waals surface area contributed by atoms with Gasteiger partial charge in [-0.2, -0.15) is 13.7 Å². The van der Waals surface area contributed by atoms with Crippen LogP contribution < -0.4 is 13.7 Å². The predicted molar refractivity (Wildman–Crippen MR) is 378 cm³/mol. The second-order valence-corrected chi connectivity index (χ2v) is 24.7. The summed E-state index contributed by atoms with van der Waals surface area (Å²) in [5.74, 6) is 2.81. The van der Waals surface area contributed by atoms with Crippen molar-refractivity contribution in [3.63, 3.8) is 0 Å². The Kier molecular flexibility index (Phi) is 12.5. The summed E-state index contributed by atoms with van der Waals surface area (Å²) in [6.45, 7) is 6.34. The first-order valence-corrected chi connectivity index (χ1v) is 31.4. The molecule has 0 amide bonds. The maximum absolute atomic E-state index is 6.36. The maximum atomic E-state index is 6.36. The zero-order valence-electron chi connectivity index (χ0n) is 52.6. The van der Waals surface area contributed by atoms with Crippen molar-refractivity contribution >= 4 is 131 Å². The van der Waals surface area contributed by atoms with Gasteiger partial charge in [-0.1, -0.05) is 158 Å². The van der Waals surface area contributed by atoms with Gasteiger partial charge in [0.1, 0.15) is 60.2 Å². The summed E-state index contributed by atoms with van der Waals surface area (Å²) in [4.78, 5) is 0. The lowest BCUT2D eigenvalue weighted by atomic mass is 10.0. The van der Waals surface area contributed by atoms with E-state index in [1.165, 1.54) is 126 Å². The smallest absolute Gasteiger partial charge is 0.249 e. The van der Waals surface area contributed by atoms with Gasteiger partial charge in [0, 0.05) is 108 Å². The molecular formula is C83H65N6O3+3. The van der Waals surface area contributed by atoms with Crippen LogP contribution in [0.3, 0.4) is 0 Å². The molecule has 0 saturated heterocycles. The van der Waals surface area contributed by atoms with E-state index in [0.717, 1.165) is 61.9 Å². The fourth-order valence-electron chi connectivity index (χ4n) is 14.7. The van der Waals surface area contributed by atoms with Gasteiger partial charge in [-0.25, -0.2) is 0 Å². The van der Waals surface area contributed by atoms with Crippen molar-refractivity contribution in [2.45, 2.75) is 20.8 Å². The zero-order valence-corrected chi connectivity index (χ0v) is 52.6. The lowest BCUT2D eigenvalue weighted by molar-refractivity contribution is -0.659. The van der Waals surface area contributed by atoms with E-state index in [-0.39, 0.29) is 0 Å². The monoisotopic (exact) mass is 1190 g/mol. The van der Waals surface area contributed by atoms with Gasteiger partial charge < -0.3 is 27.0 Å². The van der Waals surface area contributed by atoms with E-state index in [9.17, 15) is 0 Å². The Bertz CT molecular complexity index is 6240. The number of para-hydroxylation sites is 4. The van der Waals surface area contributed by atoms with Crippen LogP contribution in [0.2, 0.25) is 0 Å². The van der Waals surface area contributed by atoms with Crippen LogP contribution in [-0.2, 0) is 35.2 Å². The first-order chi connectivity index (χ1) is 44.9. The highest BCUT2D eigenvalue weighted by Gasteiger charge is 2.28. The number of nitrogens with zero attached hydrogens (tertiary/aromatic N) is 6. The molecule has 0 spiro atoms. The minimum Gasteiger partial charge on any atom is -0.460 e. The molecule has 0 fully saturated rings. The van der Waals surface area contributed by atoms with E-state index in [4.69, 9.17) is 13.3 Å². The Morgan fingerprint density at radius 2 is 0.717 bits per heavy atom. The number of pyridine rings is 3. The van der Waals surface area contributed by atoms with Gasteiger partial charge in [0.15, 0.2) is 18.6 Å². The number of fused-ring (bicyclic) bond motifs is 16. The number of aromatic nitrogens is 6. The number of hydrogen-bond acceptors (Lipinski definition) is 3. The molecule has 0 aliphatic heterocycles. The van der Waals surface area contributed by atoms with Crippen molar-refractivity contribution in [2.75, 3.05) is 0 Å². The van der Waals surface area contributed by atoms with E-state index in [2.05, 4.69) is 296 Å². The number of aryl methyl sites for hydroxylation is 8. The highest BCUT2D eigenvalue weighted by Crippen LogP contribution is 2.42. The fourth-order valence-corrected chi connectivity index (χ4v) is 14.7.